The molecule has 1 aromatic heterocycles. The summed E-state index contributed by atoms with van der Waals surface area (Å²) in [7, 11) is 9.46. The maximum absolute atomic E-state index is 15.7. The predicted octanol–water partition coefficient (Wildman–Crippen LogP) is 5.50. The first-order valence-corrected chi connectivity index (χ1v) is 31.2. The normalized spacial score (nSPS) is 25.0. The second-order valence-corrected chi connectivity index (χ2v) is 26.2. The van der Waals surface area contributed by atoms with E-state index in [4.69, 9.17) is 4.74 Å². The van der Waals surface area contributed by atoms with Gasteiger partial charge in [-0.05, 0) is 97.6 Å². The molecule has 2 aromatic carbocycles. The van der Waals surface area contributed by atoms with Crippen molar-refractivity contribution in [2.75, 3.05) is 53.7 Å². The lowest BCUT2D eigenvalue weighted by molar-refractivity contribution is -0.177. The van der Waals surface area contributed by atoms with Gasteiger partial charge in [-0.3, -0.25) is 38.4 Å². The van der Waals surface area contributed by atoms with Gasteiger partial charge < -0.3 is 55.2 Å². The molecule has 0 saturated carbocycles. The van der Waals surface area contributed by atoms with E-state index in [1.54, 1.807) is 59.9 Å². The number of hydrogen-bond acceptors (Lipinski definition) is 13. The second kappa shape index (κ2) is 31.2. The van der Waals surface area contributed by atoms with Gasteiger partial charge in [-0.1, -0.05) is 130 Å². The Morgan fingerprint density at radius 1 is 0.625 bits per heavy atom. The molecular weight excluding hydrogens is 1120 g/mol. The summed E-state index contributed by atoms with van der Waals surface area (Å²) >= 11 is 0. The van der Waals surface area contributed by atoms with Crippen molar-refractivity contribution in [2.24, 2.45) is 29.6 Å². The summed E-state index contributed by atoms with van der Waals surface area (Å²) in [5.74, 6) is -8.14. The lowest BCUT2D eigenvalue weighted by atomic mass is 9.93. The first-order chi connectivity index (χ1) is 41.2. The summed E-state index contributed by atoms with van der Waals surface area (Å²) in [6.45, 7) is 20.6. The van der Waals surface area contributed by atoms with Crippen molar-refractivity contribution in [3.8, 4) is 11.1 Å². The Kier molecular flexibility index (Phi) is 25.3. The molecule has 2 aliphatic rings. The van der Waals surface area contributed by atoms with Crippen molar-refractivity contribution >= 4 is 59.0 Å². The summed E-state index contributed by atoms with van der Waals surface area (Å²) in [6.07, 6.45) is 1.60. The van der Waals surface area contributed by atoms with Crippen LogP contribution in [0.25, 0.3) is 11.1 Å². The monoisotopic (exact) mass is 1220 g/mol. The summed E-state index contributed by atoms with van der Waals surface area (Å²) in [4.78, 5) is 149. The van der Waals surface area contributed by atoms with Crippen LogP contribution in [0.2, 0.25) is 0 Å². The van der Waals surface area contributed by atoms with Gasteiger partial charge >= 0.3 is 5.97 Å². The number of fused-ring (bicyclic) bond motifs is 1. The quantitative estimate of drug-likeness (QED) is 0.137. The van der Waals surface area contributed by atoms with E-state index in [1.165, 1.54) is 61.6 Å². The zero-order valence-electron chi connectivity index (χ0n) is 55.3. The highest BCUT2D eigenvalue weighted by atomic mass is 16.6. The van der Waals surface area contributed by atoms with Crippen LogP contribution in [0, 0.1) is 29.6 Å². The van der Waals surface area contributed by atoms with E-state index in [9.17, 15) is 24.3 Å². The number of esters is 1. The van der Waals surface area contributed by atoms with Crippen LogP contribution in [-0.2, 0) is 60.7 Å². The maximum atomic E-state index is 15.7. The molecule has 21 nitrogen and oxygen atoms in total. The first kappa shape index (κ1) is 71.3. The van der Waals surface area contributed by atoms with Crippen LogP contribution >= 0.6 is 0 Å². The van der Waals surface area contributed by atoms with E-state index in [0.29, 0.717) is 30.4 Å². The van der Waals surface area contributed by atoms with Crippen LogP contribution in [-0.4, -0.2) is 197 Å². The zero-order chi connectivity index (χ0) is 65.8. The third-order valence-electron chi connectivity index (χ3n) is 17.4. The fourth-order valence-corrected chi connectivity index (χ4v) is 12.1. The molecule has 2 aliphatic heterocycles. The fraction of sp³-hybridized carbons (Fsp3) is 0.612. The average molecular weight is 1220 g/mol. The van der Waals surface area contributed by atoms with E-state index >= 15 is 24.0 Å². The molecule has 3 heterocycles. The highest BCUT2D eigenvalue weighted by Gasteiger charge is 2.48. The van der Waals surface area contributed by atoms with Gasteiger partial charge in [0.2, 0.25) is 41.4 Å². The number of carbonyl (C=O) groups is 9. The molecule has 2 unspecified atom stereocenters. The fourth-order valence-electron chi connectivity index (χ4n) is 12.1. The van der Waals surface area contributed by atoms with E-state index < -0.39 is 137 Å². The van der Waals surface area contributed by atoms with Gasteiger partial charge in [0.25, 0.3) is 5.91 Å². The predicted molar refractivity (Wildman–Crippen MR) is 339 cm³/mol. The third-order valence-corrected chi connectivity index (χ3v) is 17.4. The van der Waals surface area contributed by atoms with Crippen LogP contribution in [0.3, 0.4) is 0 Å². The number of nitrogens with one attached hydrogen (secondary N) is 3. The van der Waals surface area contributed by atoms with E-state index in [1.807, 2.05) is 101 Å². The van der Waals surface area contributed by atoms with Crippen molar-refractivity contribution in [1.82, 2.24) is 45.4 Å². The average Bonchev–Trinajstić information content (AvgIpc) is 4.24. The number of ether oxygens (including phenoxy) is 1. The number of aliphatic hydroxyl groups is 1. The Bertz CT molecular complexity index is 2930. The number of amides is 8. The van der Waals surface area contributed by atoms with Crippen LogP contribution in [0.4, 0.5) is 5.82 Å². The van der Waals surface area contributed by atoms with Crippen molar-refractivity contribution < 1.29 is 53.0 Å². The lowest BCUT2D eigenvalue weighted by Gasteiger charge is -2.39. The van der Waals surface area contributed by atoms with Crippen molar-refractivity contribution in [2.45, 2.75) is 188 Å². The molecule has 88 heavy (non-hydrogen) atoms. The van der Waals surface area contributed by atoms with E-state index in [2.05, 4.69) is 20.9 Å². The number of likely N-dealkylation sites (N-methyl/N-ethyl adjacent to an activating group) is 4. The van der Waals surface area contributed by atoms with Gasteiger partial charge in [-0.25, -0.2) is 9.78 Å². The largest absolute Gasteiger partial charge is 0.450 e. The minimum Gasteiger partial charge on any atom is -0.450 e. The molecule has 2 saturated heterocycles. The van der Waals surface area contributed by atoms with Crippen LogP contribution < -0.4 is 20.9 Å². The van der Waals surface area contributed by atoms with Crippen molar-refractivity contribution in [1.29, 1.82) is 0 Å². The van der Waals surface area contributed by atoms with Gasteiger partial charge in [0.05, 0.1) is 5.60 Å². The Hall–Kier alpha value is -7.42. The third kappa shape index (κ3) is 17.5. The topological polar surface area (TPSA) is 252 Å². The molecule has 0 bridgehead atoms. The molecule has 0 spiro atoms. The number of benzene rings is 2. The van der Waals surface area contributed by atoms with Gasteiger partial charge in [-0.15, -0.1) is 0 Å². The maximum Gasteiger partial charge on any atom is 0.332 e. The molecule has 21 heteroatoms. The Morgan fingerprint density at radius 3 is 1.74 bits per heavy atom. The summed E-state index contributed by atoms with van der Waals surface area (Å²) < 4.78 is 6.14. The van der Waals surface area contributed by atoms with Crippen LogP contribution in [0.5, 0.6) is 0 Å². The Labute approximate surface area is 522 Å². The van der Waals surface area contributed by atoms with Gasteiger partial charge in [0.15, 0.2) is 12.1 Å². The van der Waals surface area contributed by atoms with Gasteiger partial charge in [0.1, 0.15) is 48.1 Å². The van der Waals surface area contributed by atoms with Crippen LogP contribution in [0.1, 0.15) is 126 Å². The second-order valence-electron chi connectivity index (χ2n) is 26.2. The number of nitrogens with zero attached hydrogens (tertiary/aromatic N) is 7. The van der Waals surface area contributed by atoms with Crippen LogP contribution in [0.15, 0.2) is 72.9 Å². The van der Waals surface area contributed by atoms with Crippen molar-refractivity contribution in [3.63, 3.8) is 0 Å². The van der Waals surface area contributed by atoms with Gasteiger partial charge in [0, 0.05) is 73.8 Å². The molecule has 5 rings (SSSR count). The number of aromatic nitrogens is 1. The number of cyclic esters (lactones) is 1. The molecule has 0 radical (unpaired) electrons. The molecular formula is C67H100N10O11. The number of rotatable bonds is 15. The minimum atomic E-state index is -1.99. The number of hydrogen-bond donors (Lipinski definition) is 4. The molecule has 4 N–H and O–H groups in total. The molecule has 3 aromatic rings. The first-order valence-electron chi connectivity index (χ1n) is 31.2. The SMILES string of the molecule is CC[C@H](C)[C@@H]1NC(=O)[C@@H]2CCCN2C(=O)[C@H](Cc2cccc(-c3ccnc(N(C)C)c3)c2)N(C)C(=O)[C@H](Cc2ccccc2)NC(=O)C(C(C)C)N(C)C(=O)[C@@H]([C@@H](C)CC)OC(=O)[C@H](C(C)(C)O)N(C)C(=O)[C@H](CC(C)C)NC(=O)C(C(C)C)N(C)C1=O. The number of pyridine rings is 1. The number of anilines is 1. The van der Waals surface area contributed by atoms with E-state index in [0.717, 1.165) is 21.8 Å². The van der Waals surface area contributed by atoms with E-state index in [-0.39, 0.29) is 38.1 Å². The smallest absolute Gasteiger partial charge is 0.332 e. The standard InChI is InChI=1S/C67H100N10O11/c1-19-42(9)53-64(84)74(16)54(40(5)6)59(79)69-48(34-39(3)4)62(82)76(18)57(67(11,12)87)66(86)88-56(43(10)20-2)65(85)75(17)55(41(7)8)60(80)70-49(36-44-26-22-21-23-27-44)61(81)73(15)51(63(83)77-33-25-30-50(77)58(78)71-53)37-45-28-24-29-46(35-45)47-31-32-68-52(38-47)72(13)14/h21-24,26-29,31-32,35,38-43,48-51,53-57,87H,19-20,25,30,33-34,36-37H2,1-18H3,(H,69,79)(H,70,80)(H,71,78)/t42-,43-,48-,49-,50-,51-,53-,54?,55?,56+,57+/m0/s1. The molecule has 8 amide bonds. The highest BCUT2D eigenvalue weighted by molar-refractivity contribution is 5.99. The van der Waals surface area contributed by atoms with Gasteiger partial charge in [-0.2, -0.15) is 0 Å². The summed E-state index contributed by atoms with van der Waals surface area (Å²) in [5.41, 5.74) is 1.06. The Balaban J connectivity index is 1.74. The molecule has 484 valence electrons. The highest BCUT2D eigenvalue weighted by Crippen LogP contribution is 2.29. The minimum absolute atomic E-state index is 0.0237. The molecule has 11 atom stereocenters. The zero-order valence-corrected chi connectivity index (χ0v) is 55.3. The van der Waals surface area contributed by atoms with Crippen molar-refractivity contribution in [3.05, 3.63) is 84.1 Å². The Morgan fingerprint density at radius 2 is 1.18 bits per heavy atom. The lowest BCUT2D eigenvalue weighted by Crippen LogP contribution is -2.63. The summed E-state index contributed by atoms with van der Waals surface area (Å²) in [6, 6.07) is 10.1. The molecule has 2 fully saturated rings. The molecule has 0 aliphatic carbocycles. The summed E-state index contributed by atoms with van der Waals surface area (Å²) in [5, 5.41) is 20.6. The number of carbonyl (C=O) groups excluding carboxylic acids is 9.